The number of carbonyl (C=O) groups excluding carboxylic acids is 1. The van der Waals surface area contributed by atoms with Gasteiger partial charge in [-0.1, -0.05) is 124 Å². The molecule has 0 saturated carbocycles. The van der Waals surface area contributed by atoms with Crippen molar-refractivity contribution in [1.82, 2.24) is 0 Å². The summed E-state index contributed by atoms with van der Waals surface area (Å²) < 4.78 is 5.27. The topological polar surface area (TPSA) is 26.3 Å². The number of hydrogen-bond donors (Lipinski definition) is 0. The van der Waals surface area contributed by atoms with Crippen LogP contribution < -0.4 is 0 Å². The van der Waals surface area contributed by atoms with Crippen LogP contribution in [0.25, 0.3) is 0 Å². The summed E-state index contributed by atoms with van der Waals surface area (Å²) in [5.74, 6) is 0.101. The first-order chi connectivity index (χ1) is 15.3. The van der Waals surface area contributed by atoms with Gasteiger partial charge in [0.25, 0.3) is 0 Å². The zero-order valence-corrected chi connectivity index (χ0v) is 19.5. The maximum atomic E-state index is 11.7. The molecule has 31 heavy (non-hydrogen) atoms. The number of allylic oxidation sites excluding steroid dienone is 12. The van der Waals surface area contributed by atoms with Gasteiger partial charge in [0.15, 0.2) is 0 Å². The second kappa shape index (κ2) is 20.9. The predicted molar refractivity (Wildman–Crippen MR) is 135 cm³/mol. The van der Waals surface area contributed by atoms with E-state index in [9.17, 15) is 4.79 Å². The molecule has 1 atom stereocenters. The summed E-state index contributed by atoms with van der Waals surface area (Å²) >= 11 is 0. The standard InChI is InChI=1S/C29H42O2/c1-2-3-4-5-6-7-8-9-10-11-12-13-14-15-16-17-18-19-23-26-29(30)31-27-28-24-21-20-22-25-28/h10-19,21,23-24,26,28H,2-9,20,22,25,27H2,1H3. The fraction of sp³-hybridized carbons (Fsp3) is 0.483. The molecule has 0 aromatic heterocycles. The van der Waals surface area contributed by atoms with Gasteiger partial charge in [0.05, 0.1) is 6.61 Å². The molecular weight excluding hydrogens is 380 g/mol. The van der Waals surface area contributed by atoms with Gasteiger partial charge in [0.1, 0.15) is 0 Å². The highest BCUT2D eigenvalue weighted by Crippen LogP contribution is 2.17. The quantitative estimate of drug-likeness (QED) is 0.0821. The van der Waals surface area contributed by atoms with E-state index in [1.54, 1.807) is 6.08 Å². The molecule has 1 unspecified atom stereocenters. The molecule has 0 aliphatic heterocycles. The van der Waals surface area contributed by atoms with Gasteiger partial charge in [-0.3, -0.25) is 0 Å². The summed E-state index contributed by atoms with van der Waals surface area (Å²) in [6.07, 6.45) is 41.7. The average molecular weight is 423 g/mol. The van der Waals surface area contributed by atoms with Crippen molar-refractivity contribution in [2.45, 2.75) is 77.6 Å². The van der Waals surface area contributed by atoms with E-state index >= 15 is 0 Å². The fourth-order valence-electron chi connectivity index (χ4n) is 3.30. The summed E-state index contributed by atoms with van der Waals surface area (Å²) in [6.45, 7) is 2.74. The third-order valence-electron chi connectivity index (χ3n) is 5.14. The van der Waals surface area contributed by atoms with E-state index in [4.69, 9.17) is 4.74 Å². The molecule has 0 aromatic rings. The lowest BCUT2D eigenvalue weighted by molar-refractivity contribution is -0.138. The molecule has 0 radical (unpaired) electrons. The molecule has 1 aliphatic rings. The average Bonchev–Trinajstić information content (AvgIpc) is 2.80. The molecule has 0 bridgehead atoms. The summed E-state index contributed by atoms with van der Waals surface area (Å²) in [4.78, 5) is 11.7. The van der Waals surface area contributed by atoms with Crippen LogP contribution in [0.5, 0.6) is 0 Å². The van der Waals surface area contributed by atoms with Crippen LogP contribution in [0.15, 0.2) is 85.1 Å². The van der Waals surface area contributed by atoms with E-state index in [1.165, 1.54) is 63.9 Å². The van der Waals surface area contributed by atoms with Crippen molar-refractivity contribution in [3.63, 3.8) is 0 Å². The maximum absolute atomic E-state index is 11.7. The van der Waals surface area contributed by atoms with Crippen LogP contribution in [-0.4, -0.2) is 12.6 Å². The van der Waals surface area contributed by atoms with Crippen LogP contribution in [-0.2, 0) is 9.53 Å². The highest BCUT2D eigenvalue weighted by Gasteiger charge is 2.09. The lowest BCUT2D eigenvalue weighted by Crippen LogP contribution is -2.12. The largest absolute Gasteiger partial charge is 0.462 e. The van der Waals surface area contributed by atoms with Crippen molar-refractivity contribution >= 4 is 5.97 Å². The molecule has 0 aromatic carbocycles. The minimum absolute atomic E-state index is 0.280. The first kappa shape index (κ1) is 26.7. The fourth-order valence-corrected chi connectivity index (χ4v) is 3.30. The van der Waals surface area contributed by atoms with E-state index in [2.05, 4.69) is 37.3 Å². The van der Waals surface area contributed by atoms with Gasteiger partial charge in [-0.2, -0.15) is 0 Å². The maximum Gasteiger partial charge on any atom is 0.330 e. The molecule has 0 fully saturated rings. The predicted octanol–water partition coefficient (Wildman–Crippen LogP) is 8.36. The van der Waals surface area contributed by atoms with E-state index < -0.39 is 0 Å². The Labute approximate surface area is 190 Å². The monoisotopic (exact) mass is 422 g/mol. The molecule has 2 heteroatoms. The van der Waals surface area contributed by atoms with Crippen molar-refractivity contribution < 1.29 is 9.53 Å². The number of carbonyl (C=O) groups is 1. The molecule has 170 valence electrons. The Morgan fingerprint density at radius 1 is 0.839 bits per heavy atom. The van der Waals surface area contributed by atoms with Crippen LogP contribution in [0.2, 0.25) is 0 Å². The zero-order valence-electron chi connectivity index (χ0n) is 19.5. The van der Waals surface area contributed by atoms with E-state index in [-0.39, 0.29) is 5.97 Å². The van der Waals surface area contributed by atoms with Crippen LogP contribution in [0.1, 0.15) is 77.6 Å². The SMILES string of the molecule is CCCCCCCCCC=CC=CC=CC=CC=CC=CC(=O)OCC1C=CCCC1. The van der Waals surface area contributed by atoms with Gasteiger partial charge < -0.3 is 4.74 Å². The first-order valence-corrected chi connectivity index (χ1v) is 12.2. The number of rotatable bonds is 16. The Morgan fingerprint density at radius 3 is 2.10 bits per heavy atom. The summed E-state index contributed by atoms with van der Waals surface area (Å²) in [5.41, 5.74) is 0. The summed E-state index contributed by atoms with van der Waals surface area (Å²) in [5, 5.41) is 0. The van der Waals surface area contributed by atoms with Gasteiger partial charge in [0.2, 0.25) is 0 Å². The van der Waals surface area contributed by atoms with E-state index in [0.717, 1.165) is 12.8 Å². The van der Waals surface area contributed by atoms with Crippen molar-refractivity contribution in [2.75, 3.05) is 6.61 Å². The first-order valence-electron chi connectivity index (χ1n) is 12.2. The third-order valence-corrected chi connectivity index (χ3v) is 5.14. The van der Waals surface area contributed by atoms with Crippen molar-refractivity contribution in [3.05, 3.63) is 85.1 Å². The van der Waals surface area contributed by atoms with Crippen molar-refractivity contribution in [2.24, 2.45) is 5.92 Å². The van der Waals surface area contributed by atoms with Crippen LogP contribution in [0.3, 0.4) is 0 Å². The molecular formula is C29H42O2. The smallest absolute Gasteiger partial charge is 0.330 e. The summed E-state index contributed by atoms with van der Waals surface area (Å²) in [6, 6.07) is 0. The van der Waals surface area contributed by atoms with E-state index in [1.807, 2.05) is 42.5 Å². The van der Waals surface area contributed by atoms with Gasteiger partial charge >= 0.3 is 5.97 Å². The Morgan fingerprint density at radius 2 is 1.45 bits per heavy atom. The highest BCUT2D eigenvalue weighted by atomic mass is 16.5. The number of esters is 1. The normalized spacial score (nSPS) is 17.5. The van der Waals surface area contributed by atoms with Crippen molar-refractivity contribution in [1.29, 1.82) is 0 Å². The van der Waals surface area contributed by atoms with E-state index in [0.29, 0.717) is 12.5 Å². The van der Waals surface area contributed by atoms with Gasteiger partial charge in [-0.15, -0.1) is 0 Å². The second-order valence-corrected chi connectivity index (χ2v) is 7.99. The number of hydrogen-bond acceptors (Lipinski definition) is 2. The lowest BCUT2D eigenvalue weighted by atomic mass is 9.97. The molecule has 0 saturated heterocycles. The van der Waals surface area contributed by atoms with Crippen LogP contribution in [0.4, 0.5) is 0 Å². The molecule has 1 rings (SSSR count). The van der Waals surface area contributed by atoms with Crippen LogP contribution >= 0.6 is 0 Å². The van der Waals surface area contributed by atoms with Gasteiger partial charge in [-0.25, -0.2) is 4.79 Å². The van der Waals surface area contributed by atoms with Gasteiger partial charge in [0, 0.05) is 12.0 Å². The number of ether oxygens (including phenoxy) is 1. The van der Waals surface area contributed by atoms with Gasteiger partial charge in [-0.05, 0) is 32.1 Å². The minimum Gasteiger partial charge on any atom is -0.462 e. The molecule has 0 amide bonds. The molecule has 1 aliphatic carbocycles. The summed E-state index contributed by atoms with van der Waals surface area (Å²) in [7, 11) is 0. The lowest BCUT2D eigenvalue weighted by Gasteiger charge is -2.15. The highest BCUT2D eigenvalue weighted by molar-refractivity contribution is 5.82. The molecule has 0 spiro atoms. The minimum atomic E-state index is -0.280. The number of unbranched alkanes of at least 4 members (excludes halogenated alkanes) is 7. The van der Waals surface area contributed by atoms with Crippen LogP contribution in [0, 0.1) is 5.92 Å². The second-order valence-electron chi connectivity index (χ2n) is 7.99. The Hall–Kier alpha value is -2.35. The molecule has 0 N–H and O–H groups in total. The molecule has 2 nitrogen and oxygen atoms in total. The van der Waals surface area contributed by atoms with Crippen molar-refractivity contribution in [3.8, 4) is 0 Å². The zero-order chi connectivity index (χ0) is 22.2. The third kappa shape index (κ3) is 18.2. The Balaban J connectivity index is 2.02. The Kier molecular flexibility index (Phi) is 18.0. The molecule has 0 heterocycles. The Bertz CT molecular complexity index is 644.